The number of rotatable bonds is 9. The molecule has 0 atom stereocenters. The van der Waals surface area contributed by atoms with Crippen molar-refractivity contribution in [3.05, 3.63) is 36.4 Å². The van der Waals surface area contributed by atoms with E-state index >= 15 is 0 Å². The Bertz CT molecular complexity index is 1290. The Hall–Kier alpha value is -2.28. The van der Waals surface area contributed by atoms with E-state index in [0.29, 0.717) is 23.7 Å². The van der Waals surface area contributed by atoms with Gasteiger partial charge in [-0.05, 0) is 55.5 Å². The van der Waals surface area contributed by atoms with Gasteiger partial charge in [0.05, 0.1) is 28.3 Å². The van der Waals surface area contributed by atoms with Crippen molar-refractivity contribution in [2.75, 3.05) is 36.5 Å². The van der Waals surface area contributed by atoms with E-state index in [0.717, 1.165) is 19.3 Å². The first-order chi connectivity index (χ1) is 16.5. The van der Waals surface area contributed by atoms with Crippen LogP contribution in [0.1, 0.15) is 33.1 Å². The van der Waals surface area contributed by atoms with Gasteiger partial charge in [0.1, 0.15) is 5.75 Å². The van der Waals surface area contributed by atoms with Gasteiger partial charge in [0.15, 0.2) is 0 Å². The van der Waals surface area contributed by atoms with Crippen LogP contribution in [0.15, 0.2) is 51.1 Å². The van der Waals surface area contributed by atoms with Crippen molar-refractivity contribution >= 4 is 49.1 Å². The molecular weight excluding hydrogens is 510 g/mol. The Morgan fingerprint density at radius 2 is 1.60 bits per heavy atom. The van der Waals surface area contributed by atoms with E-state index in [9.17, 15) is 21.6 Å². The number of hydrogen-bond donors (Lipinski definition) is 2. The number of hydrogen-bond acceptors (Lipinski definition) is 7. The Kier molecular flexibility index (Phi) is 8.73. The van der Waals surface area contributed by atoms with E-state index in [1.54, 1.807) is 19.9 Å². The molecule has 0 bridgehead atoms. The Morgan fingerprint density at radius 1 is 0.971 bits per heavy atom. The van der Waals surface area contributed by atoms with Crippen molar-refractivity contribution in [1.82, 2.24) is 4.31 Å². The van der Waals surface area contributed by atoms with Gasteiger partial charge >= 0.3 is 0 Å². The first-order valence-electron chi connectivity index (χ1n) is 11.2. The average Bonchev–Trinajstić information content (AvgIpc) is 2.84. The van der Waals surface area contributed by atoms with Crippen molar-refractivity contribution in [2.24, 2.45) is 5.92 Å². The predicted octanol–water partition coefficient (Wildman–Crippen LogP) is 3.99. The maximum Gasteiger partial charge on any atom is 0.262 e. The number of piperidine rings is 1. The highest BCUT2D eigenvalue weighted by Gasteiger charge is 2.28. The van der Waals surface area contributed by atoms with Gasteiger partial charge in [-0.15, -0.1) is 11.8 Å². The summed E-state index contributed by atoms with van der Waals surface area (Å²) in [5.74, 6) is -0.336. The third-order valence-corrected chi connectivity index (χ3v) is 9.69. The van der Waals surface area contributed by atoms with Crippen LogP contribution in [0.3, 0.4) is 0 Å². The van der Waals surface area contributed by atoms with Crippen molar-refractivity contribution in [3.8, 4) is 5.75 Å². The van der Waals surface area contributed by atoms with E-state index in [4.69, 9.17) is 4.74 Å². The number of sulfonamides is 2. The molecule has 1 aliphatic rings. The predicted molar refractivity (Wildman–Crippen MR) is 138 cm³/mol. The van der Waals surface area contributed by atoms with Crippen molar-refractivity contribution in [3.63, 3.8) is 0 Å². The van der Waals surface area contributed by atoms with Crippen LogP contribution in [0.2, 0.25) is 0 Å². The molecule has 0 unspecified atom stereocenters. The minimum Gasteiger partial charge on any atom is -0.495 e. The zero-order valence-electron chi connectivity index (χ0n) is 20.2. The number of benzene rings is 2. The van der Waals surface area contributed by atoms with Crippen molar-refractivity contribution in [2.45, 2.75) is 47.8 Å². The smallest absolute Gasteiger partial charge is 0.262 e. The lowest BCUT2D eigenvalue weighted by molar-refractivity contribution is -0.118. The second-order valence-electron chi connectivity index (χ2n) is 8.44. The molecule has 1 heterocycles. The molecule has 0 aliphatic carbocycles. The van der Waals surface area contributed by atoms with E-state index < -0.39 is 20.0 Å². The first-order valence-corrected chi connectivity index (χ1v) is 15.3. The molecule has 1 saturated heterocycles. The SMILES string of the molecule is COc1ccc(S(=O)(=O)N2CCCCC2)cc1NS(=O)(=O)c1ccc(SC)c(NC(=O)C(C)C)c1. The van der Waals surface area contributed by atoms with Gasteiger partial charge in [0.25, 0.3) is 10.0 Å². The Morgan fingerprint density at radius 3 is 2.20 bits per heavy atom. The van der Waals surface area contributed by atoms with Gasteiger partial charge < -0.3 is 10.1 Å². The molecule has 0 radical (unpaired) electrons. The molecule has 2 N–H and O–H groups in total. The van der Waals surface area contributed by atoms with Crippen LogP contribution >= 0.6 is 11.8 Å². The molecule has 35 heavy (non-hydrogen) atoms. The molecular formula is C23H31N3O6S3. The summed E-state index contributed by atoms with van der Waals surface area (Å²) in [6.07, 6.45) is 4.38. The lowest BCUT2D eigenvalue weighted by Gasteiger charge is -2.26. The lowest BCUT2D eigenvalue weighted by Crippen LogP contribution is -2.35. The highest BCUT2D eigenvalue weighted by atomic mass is 32.2. The molecule has 0 saturated carbocycles. The third-order valence-electron chi connectivity index (χ3n) is 5.63. The molecule has 2 aromatic rings. The highest BCUT2D eigenvalue weighted by Crippen LogP contribution is 2.33. The Balaban J connectivity index is 1.97. The molecule has 0 aromatic heterocycles. The van der Waals surface area contributed by atoms with Crippen LogP contribution in [0.5, 0.6) is 5.75 Å². The number of anilines is 2. The molecule has 12 heteroatoms. The van der Waals surface area contributed by atoms with E-state index in [-0.39, 0.29) is 33.1 Å². The average molecular weight is 542 g/mol. The Labute approximate surface area is 211 Å². The van der Waals surface area contributed by atoms with Gasteiger partial charge in [-0.3, -0.25) is 9.52 Å². The van der Waals surface area contributed by atoms with E-state index in [2.05, 4.69) is 10.0 Å². The van der Waals surface area contributed by atoms with Crippen molar-refractivity contribution in [1.29, 1.82) is 0 Å². The van der Waals surface area contributed by atoms with E-state index in [1.165, 1.54) is 53.5 Å². The van der Waals surface area contributed by atoms with Crippen LogP contribution < -0.4 is 14.8 Å². The van der Waals surface area contributed by atoms with E-state index in [1.807, 2.05) is 6.26 Å². The van der Waals surface area contributed by atoms with Crippen LogP contribution in [0.4, 0.5) is 11.4 Å². The zero-order chi connectivity index (χ0) is 25.8. The molecule has 2 aromatic carbocycles. The molecule has 0 spiro atoms. The fraction of sp³-hybridized carbons (Fsp3) is 0.435. The fourth-order valence-corrected chi connectivity index (χ4v) is 6.78. The van der Waals surface area contributed by atoms with Crippen molar-refractivity contribution < 1.29 is 26.4 Å². The summed E-state index contributed by atoms with van der Waals surface area (Å²) < 4.78 is 61.9. The maximum atomic E-state index is 13.3. The largest absolute Gasteiger partial charge is 0.495 e. The summed E-state index contributed by atoms with van der Waals surface area (Å²) in [6.45, 7) is 4.35. The topological polar surface area (TPSA) is 122 Å². The molecule has 1 fully saturated rings. The summed E-state index contributed by atoms with van der Waals surface area (Å²) in [7, 11) is -6.54. The second-order valence-corrected chi connectivity index (χ2v) is 12.9. The first kappa shape index (κ1) is 27.3. The number of thioether (sulfide) groups is 1. The number of amides is 1. The molecule has 192 valence electrons. The monoisotopic (exact) mass is 541 g/mol. The maximum absolute atomic E-state index is 13.3. The molecule has 3 rings (SSSR count). The van der Waals surface area contributed by atoms with Gasteiger partial charge in [0, 0.05) is 23.9 Å². The minimum atomic E-state index is -4.14. The number of carbonyl (C=O) groups is 1. The summed E-state index contributed by atoms with van der Waals surface area (Å²) in [6, 6.07) is 8.55. The zero-order valence-corrected chi connectivity index (χ0v) is 22.6. The lowest BCUT2D eigenvalue weighted by atomic mass is 10.2. The highest BCUT2D eigenvalue weighted by molar-refractivity contribution is 7.98. The molecule has 1 amide bonds. The third kappa shape index (κ3) is 6.29. The summed E-state index contributed by atoms with van der Waals surface area (Å²) >= 11 is 1.38. The number of nitrogens with zero attached hydrogens (tertiary/aromatic N) is 1. The summed E-state index contributed by atoms with van der Waals surface area (Å²) in [5, 5.41) is 2.76. The standard InChI is InChI=1S/C23H31N3O6S3/c1-16(2)23(27)24-20-14-17(9-11-22(20)33-4)34(28,29)25-19-15-18(8-10-21(19)32-3)35(30,31)26-12-6-5-7-13-26/h8-11,14-16,25H,5-7,12-13H2,1-4H3,(H,24,27). The van der Waals surface area contributed by atoms with Gasteiger partial charge in [-0.25, -0.2) is 16.8 Å². The van der Waals surface area contributed by atoms with Crippen LogP contribution in [-0.4, -0.2) is 53.5 Å². The quantitative estimate of drug-likeness (QED) is 0.460. The number of ether oxygens (including phenoxy) is 1. The van der Waals surface area contributed by atoms with Gasteiger partial charge in [-0.1, -0.05) is 20.3 Å². The van der Waals surface area contributed by atoms with Crippen LogP contribution in [0.25, 0.3) is 0 Å². The normalized spacial score (nSPS) is 15.1. The molecule has 1 aliphatic heterocycles. The fourth-order valence-electron chi connectivity index (χ4n) is 3.61. The minimum absolute atomic E-state index is 0.00675. The second kappa shape index (κ2) is 11.2. The summed E-state index contributed by atoms with van der Waals surface area (Å²) in [5.41, 5.74) is 0.389. The van der Waals surface area contributed by atoms with Gasteiger partial charge in [-0.2, -0.15) is 4.31 Å². The van der Waals surface area contributed by atoms with Crippen LogP contribution in [0, 0.1) is 5.92 Å². The number of methoxy groups -OCH3 is 1. The number of nitrogens with one attached hydrogen (secondary N) is 2. The van der Waals surface area contributed by atoms with Crippen LogP contribution in [-0.2, 0) is 24.8 Å². The van der Waals surface area contributed by atoms with Gasteiger partial charge in [0.2, 0.25) is 15.9 Å². The molecule has 9 nitrogen and oxygen atoms in total. The summed E-state index contributed by atoms with van der Waals surface area (Å²) in [4.78, 5) is 12.8. The number of carbonyl (C=O) groups excluding carboxylic acids is 1.